The first-order chi connectivity index (χ1) is 19.0. The molecular formula is C32H36N4O3S. The molecule has 3 aromatic carbocycles. The van der Waals surface area contributed by atoms with Gasteiger partial charge in [0.2, 0.25) is 0 Å². The number of hydrogen-bond donors (Lipinski definition) is 1. The predicted molar refractivity (Wildman–Crippen MR) is 162 cm³/mol. The van der Waals surface area contributed by atoms with Crippen molar-refractivity contribution < 1.29 is 13.2 Å². The number of para-hydroxylation sites is 2. The number of carbonyl (C=O) groups is 1. The maximum absolute atomic E-state index is 13.7. The fourth-order valence-corrected chi connectivity index (χ4v) is 6.41. The molecule has 4 rings (SSSR count). The van der Waals surface area contributed by atoms with Crippen molar-refractivity contribution in [2.45, 2.75) is 52.9 Å². The Hall–Kier alpha value is -4.17. The van der Waals surface area contributed by atoms with Crippen molar-refractivity contribution in [3.05, 3.63) is 112 Å². The molecule has 0 aliphatic heterocycles. The van der Waals surface area contributed by atoms with E-state index in [4.69, 9.17) is 0 Å². The minimum Gasteiger partial charge on any atom is -0.317 e. The lowest BCUT2D eigenvalue weighted by molar-refractivity contribution is -0.119. The number of benzene rings is 3. The second-order valence-corrected chi connectivity index (χ2v) is 11.9. The molecule has 0 aliphatic carbocycles. The van der Waals surface area contributed by atoms with Gasteiger partial charge in [0.05, 0.1) is 22.5 Å². The zero-order chi connectivity index (χ0) is 29.0. The Morgan fingerprint density at radius 1 is 0.925 bits per heavy atom. The zero-order valence-electron chi connectivity index (χ0n) is 23.9. The molecule has 0 unspecified atom stereocenters. The SMILES string of the molecule is CCc1ccccc1N(CC(=O)N/N=C\c1cc(C)n(-c2c(C)cccc2C)c1C)S(=O)(=O)c1ccc(C)cc1. The summed E-state index contributed by atoms with van der Waals surface area (Å²) in [4.78, 5) is 13.2. The minimum atomic E-state index is -4.01. The van der Waals surface area contributed by atoms with Gasteiger partial charge >= 0.3 is 0 Å². The van der Waals surface area contributed by atoms with Crippen LogP contribution in [-0.4, -0.2) is 31.7 Å². The summed E-state index contributed by atoms with van der Waals surface area (Å²) in [5, 5.41) is 4.19. The van der Waals surface area contributed by atoms with Crippen molar-refractivity contribution in [3.63, 3.8) is 0 Å². The van der Waals surface area contributed by atoms with Crippen molar-refractivity contribution in [2.24, 2.45) is 5.10 Å². The highest BCUT2D eigenvalue weighted by atomic mass is 32.2. The van der Waals surface area contributed by atoms with Gasteiger partial charge in [0.15, 0.2) is 0 Å². The number of sulfonamides is 1. The summed E-state index contributed by atoms with van der Waals surface area (Å²) in [5.74, 6) is -0.540. The summed E-state index contributed by atoms with van der Waals surface area (Å²) in [7, 11) is -4.01. The maximum Gasteiger partial charge on any atom is 0.264 e. The molecule has 0 spiro atoms. The van der Waals surface area contributed by atoms with Gasteiger partial charge in [-0.05, 0) is 82.0 Å². The number of carbonyl (C=O) groups excluding carboxylic acids is 1. The van der Waals surface area contributed by atoms with Crippen molar-refractivity contribution in [1.29, 1.82) is 0 Å². The first-order valence-electron chi connectivity index (χ1n) is 13.3. The van der Waals surface area contributed by atoms with Crippen molar-refractivity contribution in [2.75, 3.05) is 10.8 Å². The normalized spacial score (nSPS) is 11.7. The third-order valence-electron chi connectivity index (χ3n) is 7.06. The molecule has 1 aromatic heterocycles. The van der Waals surface area contributed by atoms with E-state index in [1.54, 1.807) is 42.6 Å². The summed E-state index contributed by atoms with van der Waals surface area (Å²) in [6.45, 7) is 11.7. The fourth-order valence-electron chi connectivity index (χ4n) is 4.95. The van der Waals surface area contributed by atoms with Crippen LogP contribution < -0.4 is 9.73 Å². The molecular weight excluding hydrogens is 520 g/mol. The Bertz CT molecular complexity index is 1650. The number of anilines is 1. The van der Waals surface area contributed by atoms with Crippen LogP contribution in [0.15, 0.2) is 82.8 Å². The molecule has 0 atom stereocenters. The molecule has 1 heterocycles. The number of rotatable bonds is 9. The molecule has 0 saturated heterocycles. The van der Waals surface area contributed by atoms with Crippen molar-refractivity contribution in [3.8, 4) is 5.69 Å². The van der Waals surface area contributed by atoms with Gasteiger partial charge in [-0.2, -0.15) is 5.10 Å². The Morgan fingerprint density at radius 2 is 1.57 bits per heavy atom. The van der Waals surface area contributed by atoms with Gasteiger partial charge in [0, 0.05) is 17.0 Å². The Labute approximate surface area is 237 Å². The molecule has 8 heteroatoms. The lowest BCUT2D eigenvalue weighted by Crippen LogP contribution is -2.40. The summed E-state index contributed by atoms with van der Waals surface area (Å²) < 4.78 is 30.8. The molecule has 0 fully saturated rings. The van der Waals surface area contributed by atoms with Crippen LogP contribution in [0.4, 0.5) is 5.69 Å². The smallest absolute Gasteiger partial charge is 0.264 e. The molecule has 0 bridgehead atoms. The van der Waals surface area contributed by atoms with Gasteiger partial charge in [-0.3, -0.25) is 9.10 Å². The fraction of sp³-hybridized carbons (Fsp3) is 0.250. The number of nitrogens with zero attached hydrogens (tertiary/aromatic N) is 3. The van der Waals surface area contributed by atoms with Gasteiger partial charge in [-0.15, -0.1) is 0 Å². The average Bonchev–Trinajstić information content (AvgIpc) is 3.20. The van der Waals surface area contributed by atoms with E-state index in [1.807, 2.05) is 52.0 Å². The van der Waals surface area contributed by atoms with Gasteiger partial charge in [0.25, 0.3) is 15.9 Å². The number of hydrogen-bond acceptors (Lipinski definition) is 4. The first-order valence-corrected chi connectivity index (χ1v) is 14.7. The molecule has 1 amide bonds. The van der Waals surface area contributed by atoms with E-state index >= 15 is 0 Å². The number of aryl methyl sites for hydroxylation is 5. The largest absolute Gasteiger partial charge is 0.317 e. The molecule has 0 radical (unpaired) electrons. The van der Waals surface area contributed by atoms with Crippen molar-refractivity contribution in [1.82, 2.24) is 9.99 Å². The second-order valence-electron chi connectivity index (χ2n) is 10.0. The highest BCUT2D eigenvalue weighted by Crippen LogP contribution is 2.28. The van der Waals surface area contributed by atoms with Crippen LogP contribution >= 0.6 is 0 Å². The number of hydrazone groups is 1. The molecule has 0 aliphatic rings. The second kappa shape index (κ2) is 11.9. The van der Waals surface area contributed by atoms with Crippen molar-refractivity contribution >= 4 is 27.8 Å². The highest BCUT2D eigenvalue weighted by Gasteiger charge is 2.28. The Kier molecular flexibility index (Phi) is 8.59. The lowest BCUT2D eigenvalue weighted by atomic mass is 10.1. The number of aromatic nitrogens is 1. The van der Waals surface area contributed by atoms with Crippen LogP contribution in [0.5, 0.6) is 0 Å². The molecule has 208 valence electrons. The predicted octanol–water partition coefficient (Wildman–Crippen LogP) is 5.93. The maximum atomic E-state index is 13.7. The standard InChI is InChI=1S/C32H36N4O3S/c1-7-27-13-8-9-14-30(27)35(40(38,39)29-17-15-22(2)16-18-29)21-31(37)34-33-20-28-19-25(5)36(26(28)6)32-23(3)11-10-12-24(32)4/h8-20H,7,21H2,1-6H3,(H,34,37)/b33-20-. The summed E-state index contributed by atoms with van der Waals surface area (Å²) in [6, 6.07) is 22.1. The lowest BCUT2D eigenvalue weighted by Gasteiger charge is -2.25. The molecule has 7 nitrogen and oxygen atoms in total. The van der Waals surface area contributed by atoms with Crippen LogP contribution in [-0.2, 0) is 21.2 Å². The van der Waals surface area contributed by atoms with Gasteiger partial charge in [-0.25, -0.2) is 13.8 Å². The van der Waals surface area contributed by atoms with E-state index in [2.05, 4.69) is 41.1 Å². The number of nitrogens with one attached hydrogen (secondary N) is 1. The van der Waals surface area contributed by atoms with Gasteiger partial charge in [-0.1, -0.05) is 61.0 Å². The van der Waals surface area contributed by atoms with E-state index in [1.165, 1.54) is 11.1 Å². The average molecular weight is 557 g/mol. The molecule has 0 saturated carbocycles. The van der Waals surface area contributed by atoms with Crippen LogP contribution in [0.25, 0.3) is 5.69 Å². The topological polar surface area (TPSA) is 83.8 Å². The van der Waals surface area contributed by atoms with Gasteiger partial charge in [0.1, 0.15) is 6.54 Å². The highest BCUT2D eigenvalue weighted by molar-refractivity contribution is 7.92. The molecule has 40 heavy (non-hydrogen) atoms. The third-order valence-corrected chi connectivity index (χ3v) is 8.84. The summed E-state index contributed by atoms with van der Waals surface area (Å²) in [5.41, 5.74) is 11.2. The third kappa shape index (κ3) is 5.87. The van der Waals surface area contributed by atoms with E-state index < -0.39 is 22.5 Å². The quantitative estimate of drug-likeness (QED) is 0.205. The number of amides is 1. The van der Waals surface area contributed by atoms with E-state index in [0.717, 1.165) is 38.1 Å². The zero-order valence-corrected chi connectivity index (χ0v) is 24.7. The van der Waals surface area contributed by atoms with Crippen LogP contribution in [0.3, 0.4) is 0 Å². The van der Waals surface area contributed by atoms with Crippen LogP contribution in [0.1, 0.15) is 46.1 Å². The molecule has 1 N–H and O–H groups in total. The van der Waals surface area contributed by atoms with E-state index in [-0.39, 0.29) is 4.90 Å². The van der Waals surface area contributed by atoms with Crippen LogP contribution in [0, 0.1) is 34.6 Å². The molecule has 4 aromatic rings. The Balaban J connectivity index is 1.60. The van der Waals surface area contributed by atoms with E-state index in [9.17, 15) is 13.2 Å². The minimum absolute atomic E-state index is 0.124. The Morgan fingerprint density at radius 3 is 2.23 bits per heavy atom. The van der Waals surface area contributed by atoms with E-state index in [0.29, 0.717) is 12.1 Å². The van der Waals surface area contributed by atoms with Gasteiger partial charge < -0.3 is 4.57 Å². The summed E-state index contributed by atoms with van der Waals surface area (Å²) in [6.07, 6.45) is 2.22. The summed E-state index contributed by atoms with van der Waals surface area (Å²) >= 11 is 0. The monoisotopic (exact) mass is 556 g/mol. The van der Waals surface area contributed by atoms with Crippen LogP contribution in [0.2, 0.25) is 0 Å². The first kappa shape index (κ1) is 28.8.